The van der Waals surface area contributed by atoms with E-state index in [0.29, 0.717) is 0 Å². The standard InChI is InChI=1S/C14H26N4O/c1-4-8-17-14(3,13(15)19)7-6-10-18-11-9-16-12(18)5-2/h9,11,17H,4-8,10H2,1-3H3,(H2,15,19). The van der Waals surface area contributed by atoms with Gasteiger partial charge < -0.3 is 15.6 Å². The summed E-state index contributed by atoms with van der Waals surface area (Å²) in [5.41, 5.74) is 4.90. The van der Waals surface area contributed by atoms with Gasteiger partial charge in [0.25, 0.3) is 0 Å². The highest BCUT2D eigenvalue weighted by molar-refractivity contribution is 5.84. The van der Waals surface area contributed by atoms with Crippen LogP contribution in [0.2, 0.25) is 0 Å². The maximum Gasteiger partial charge on any atom is 0.237 e. The third-order valence-electron chi connectivity index (χ3n) is 3.50. The molecule has 1 heterocycles. The summed E-state index contributed by atoms with van der Waals surface area (Å²) in [4.78, 5) is 15.9. The number of carbonyl (C=O) groups is 1. The molecular weight excluding hydrogens is 240 g/mol. The van der Waals surface area contributed by atoms with Crippen molar-refractivity contribution in [2.45, 2.75) is 58.5 Å². The lowest BCUT2D eigenvalue weighted by Gasteiger charge is -2.27. The zero-order chi connectivity index (χ0) is 14.3. The summed E-state index contributed by atoms with van der Waals surface area (Å²) < 4.78 is 2.14. The summed E-state index contributed by atoms with van der Waals surface area (Å²) in [6, 6.07) is 0. The number of nitrogens with two attached hydrogens (primary N) is 1. The van der Waals surface area contributed by atoms with Crippen LogP contribution >= 0.6 is 0 Å². The second kappa shape index (κ2) is 7.28. The molecule has 0 fully saturated rings. The monoisotopic (exact) mass is 266 g/mol. The van der Waals surface area contributed by atoms with Crippen LogP contribution in [0.25, 0.3) is 0 Å². The van der Waals surface area contributed by atoms with E-state index < -0.39 is 5.54 Å². The number of nitrogens with zero attached hydrogens (tertiary/aromatic N) is 2. The first-order valence-electron chi connectivity index (χ1n) is 7.08. The van der Waals surface area contributed by atoms with Gasteiger partial charge in [-0.2, -0.15) is 0 Å². The van der Waals surface area contributed by atoms with E-state index in [1.165, 1.54) is 0 Å². The van der Waals surface area contributed by atoms with Gasteiger partial charge in [0.15, 0.2) is 0 Å². The minimum Gasteiger partial charge on any atom is -0.368 e. The average molecular weight is 266 g/mol. The Morgan fingerprint density at radius 1 is 1.53 bits per heavy atom. The normalized spacial score (nSPS) is 14.3. The van der Waals surface area contributed by atoms with Crippen LogP contribution in [-0.4, -0.2) is 27.5 Å². The maximum absolute atomic E-state index is 11.6. The molecule has 1 rings (SSSR count). The van der Waals surface area contributed by atoms with Crippen LogP contribution in [0.1, 0.15) is 45.9 Å². The van der Waals surface area contributed by atoms with Crippen LogP contribution in [0.3, 0.4) is 0 Å². The third kappa shape index (κ3) is 4.35. The Kier molecular flexibility index (Phi) is 6.02. The Morgan fingerprint density at radius 2 is 2.26 bits per heavy atom. The molecule has 0 aliphatic heterocycles. The van der Waals surface area contributed by atoms with Gasteiger partial charge in [0.1, 0.15) is 5.82 Å². The van der Waals surface area contributed by atoms with Crippen molar-refractivity contribution >= 4 is 5.91 Å². The summed E-state index contributed by atoms with van der Waals surface area (Å²) in [5, 5.41) is 3.25. The van der Waals surface area contributed by atoms with Gasteiger partial charge in [-0.25, -0.2) is 4.98 Å². The first-order chi connectivity index (χ1) is 9.03. The van der Waals surface area contributed by atoms with Gasteiger partial charge in [-0.3, -0.25) is 4.79 Å². The summed E-state index contributed by atoms with van der Waals surface area (Å²) >= 11 is 0. The number of hydrogen-bond acceptors (Lipinski definition) is 3. The van der Waals surface area contributed by atoms with Gasteiger partial charge in [0.2, 0.25) is 5.91 Å². The quantitative estimate of drug-likeness (QED) is 0.711. The summed E-state index contributed by atoms with van der Waals surface area (Å²) in [6.07, 6.45) is 7.36. The van der Waals surface area contributed by atoms with Gasteiger partial charge in [0.05, 0.1) is 5.54 Å². The predicted octanol–water partition coefficient (Wildman–Crippen LogP) is 1.47. The summed E-state index contributed by atoms with van der Waals surface area (Å²) in [6.45, 7) is 7.74. The number of nitrogens with one attached hydrogen (secondary N) is 1. The third-order valence-corrected chi connectivity index (χ3v) is 3.50. The molecule has 0 aliphatic carbocycles. The van der Waals surface area contributed by atoms with Crippen molar-refractivity contribution in [3.05, 3.63) is 18.2 Å². The fourth-order valence-electron chi connectivity index (χ4n) is 2.16. The zero-order valence-corrected chi connectivity index (χ0v) is 12.3. The Morgan fingerprint density at radius 3 is 2.84 bits per heavy atom. The van der Waals surface area contributed by atoms with E-state index in [-0.39, 0.29) is 5.91 Å². The number of amides is 1. The molecule has 0 saturated heterocycles. The number of aryl methyl sites for hydroxylation is 2. The zero-order valence-electron chi connectivity index (χ0n) is 12.3. The molecule has 19 heavy (non-hydrogen) atoms. The van der Waals surface area contributed by atoms with E-state index in [4.69, 9.17) is 5.73 Å². The second-order valence-electron chi connectivity index (χ2n) is 5.12. The SMILES string of the molecule is CCCNC(C)(CCCn1ccnc1CC)C(N)=O. The first kappa shape index (κ1) is 15.7. The highest BCUT2D eigenvalue weighted by Crippen LogP contribution is 2.13. The summed E-state index contributed by atoms with van der Waals surface area (Å²) in [5.74, 6) is 0.810. The molecule has 0 radical (unpaired) electrons. The van der Waals surface area contributed by atoms with Crippen LogP contribution in [0.15, 0.2) is 12.4 Å². The Bertz CT molecular complexity index is 402. The number of imidazole rings is 1. The van der Waals surface area contributed by atoms with Crippen molar-refractivity contribution < 1.29 is 4.79 Å². The van der Waals surface area contributed by atoms with E-state index >= 15 is 0 Å². The van der Waals surface area contributed by atoms with Crippen LogP contribution in [-0.2, 0) is 17.8 Å². The molecule has 0 bridgehead atoms. The molecule has 1 aromatic rings. The van der Waals surface area contributed by atoms with Crippen molar-refractivity contribution in [2.75, 3.05) is 6.54 Å². The highest BCUT2D eigenvalue weighted by Gasteiger charge is 2.29. The number of rotatable bonds is 9. The van der Waals surface area contributed by atoms with Crippen molar-refractivity contribution in [3.8, 4) is 0 Å². The molecule has 1 unspecified atom stereocenters. The molecule has 0 spiro atoms. The van der Waals surface area contributed by atoms with Crippen LogP contribution in [0.4, 0.5) is 0 Å². The predicted molar refractivity (Wildman–Crippen MR) is 76.7 cm³/mol. The molecule has 1 amide bonds. The highest BCUT2D eigenvalue weighted by atomic mass is 16.1. The van der Waals surface area contributed by atoms with Crippen molar-refractivity contribution in [1.82, 2.24) is 14.9 Å². The largest absolute Gasteiger partial charge is 0.368 e. The Balaban J connectivity index is 2.51. The van der Waals surface area contributed by atoms with Gasteiger partial charge >= 0.3 is 0 Å². The Labute approximate surface area is 115 Å². The van der Waals surface area contributed by atoms with Gasteiger partial charge in [-0.1, -0.05) is 13.8 Å². The van der Waals surface area contributed by atoms with Crippen LogP contribution in [0, 0.1) is 0 Å². The van der Waals surface area contributed by atoms with Gasteiger partial charge in [0, 0.05) is 25.4 Å². The summed E-state index contributed by atoms with van der Waals surface area (Å²) in [7, 11) is 0. The topological polar surface area (TPSA) is 72.9 Å². The average Bonchev–Trinajstić information content (AvgIpc) is 2.83. The molecular formula is C14H26N4O. The second-order valence-corrected chi connectivity index (χ2v) is 5.12. The Hall–Kier alpha value is -1.36. The van der Waals surface area contributed by atoms with Crippen molar-refractivity contribution in [2.24, 2.45) is 5.73 Å². The van der Waals surface area contributed by atoms with Gasteiger partial charge in [-0.15, -0.1) is 0 Å². The van der Waals surface area contributed by atoms with Crippen LogP contribution in [0.5, 0.6) is 0 Å². The molecule has 1 atom stereocenters. The number of aromatic nitrogens is 2. The van der Waals surface area contributed by atoms with Crippen molar-refractivity contribution in [1.29, 1.82) is 0 Å². The van der Waals surface area contributed by atoms with Crippen molar-refractivity contribution in [3.63, 3.8) is 0 Å². The molecule has 5 nitrogen and oxygen atoms in total. The molecule has 0 aromatic carbocycles. The van der Waals surface area contributed by atoms with E-state index in [0.717, 1.165) is 44.6 Å². The molecule has 5 heteroatoms. The van der Waals surface area contributed by atoms with Gasteiger partial charge in [-0.05, 0) is 32.7 Å². The lowest BCUT2D eigenvalue weighted by molar-refractivity contribution is -0.124. The maximum atomic E-state index is 11.6. The number of carbonyl (C=O) groups excluding carboxylic acids is 1. The smallest absolute Gasteiger partial charge is 0.237 e. The van der Waals surface area contributed by atoms with E-state index in [9.17, 15) is 4.79 Å². The molecule has 3 N–H and O–H groups in total. The molecule has 108 valence electrons. The molecule has 0 saturated carbocycles. The van der Waals surface area contributed by atoms with E-state index in [1.807, 2.05) is 19.3 Å². The molecule has 1 aromatic heterocycles. The number of primary amides is 1. The van der Waals surface area contributed by atoms with E-state index in [2.05, 4.69) is 28.7 Å². The first-order valence-corrected chi connectivity index (χ1v) is 7.08. The fourth-order valence-corrected chi connectivity index (χ4v) is 2.16. The van der Waals surface area contributed by atoms with E-state index in [1.54, 1.807) is 0 Å². The number of hydrogen-bond donors (Lipinski definition) is 2. The fraction of sp³-hybridized carbons (Fsp3) is 0.714. The lowest BCUT2D eigenvalue weighted by atomic mass is 9.94. The lowest BCUT2D eigenvalue weighted by Crippen LogP contribution is -2.53. The minimum absolute atomic E-state index is 0.276. The van der Waals surface area contributed by atoms with Crippen LogP contribution < -0.4 is 11.1 Å². The minimum atomic E-state index is -0.608. The molecule has 0 aliphatic rings.